The first-order chi connectivity index (χ1) is 8.34. The summed E-state index contributed by atoms with van der Waals surface area (Å²) in [5.41, 5.74) is 1.67. The molecule has 2 aromatic rings. The number of carbonyl (C=O) groups is 1. The first kappa shape index (κ1) is 10.0. The summed E-state index contributed by atoms with van der Waals surface area (Å²) in [7, 11) is 0. The summed E-state index contributed by atoms with van der Waals surface area (Å²) >= 11 is 0. The molecule has 5 nitrogen and oxygen atoms in total. The molecule has 0 atom stereocenters. The smallest absolute Gasteiger partial charge is 0.254 e. The molecule has 0 radical (unpaired) electrons. The van der Waals surface area contributed by atoms with Crippen LogP contribution in [0, 0.1) is 0 Å². The molecule has 0 saturated heterocycles. The Bertz CT molecular complexity index is 536. The predicted octanol–water partition coefficient (Wildman–Crippen LogP) is 1.27. The standard InChI is InChI=1S/C12H11N3O2/c16-12(9-1-4-13-5-2-9)15-6-3-11-10(8-15)7-14-17-11/h1-2,4-5,7H,3,6,8H2. The lowest BCUT2D eigenvalue weighted by molar-refractivity contribution is 0.0729. The zero-order chi connectivity index (χ0) is 11.7. The Hall–Kier alpha value is -2.17. The average Bonchev–Trinajstić information content (AvgIpc) is 2.86. The highest BCUT2D eigenvalue weighted by Gasteiger charge is 2.24. The number of aromatic nitrogens is 2. The van der Waals surface area contributed by atoms with Gasteiger partial charge in [-0.2, -0.15) is 0 Å². The largest absolute Gasteiger partial charge is 0.361 e. The third-order valence-corrected chi connectivity index (χ3v) is 2.91. The fraction of sp³-hybridized carbons (Fsp3) is 0.250. The summed E-state index contributed by atoms with van der Waals surface area (Å²) < 4.78 is 5.09. The molecule has 0 saturated carbocycles. The predicted molar refractivity (Wildman–Crippen MR) is 59.2 cm³/mol. The van der Waals surface area contributed by atoms with Gasteiger partial charge < -0.3 is 9.42 Å². The van der Waals surface area contributed by atoms with Crippen LogP contribution in [0.3, 0.4) is 0 Å². The fourth-order valence-corrected chi connectivity index (χ4v) is 1.99. The topological polar surface area (TPSA) is 59.2 Å². The van der Waals surface area contributed by atoms with Gasteiger partial charge in [-0.25, -0.2) is 0 Å². The van der Waals surface area contributed by atoms with Gasteiger partial charge in [0.25, 0.3) is 5.91 Å². The van der Waals surface area contributed by atoms with E-state index in [1.54, 1.807) is 35.6 Å². The molecule has 17 heavy (non-hydrogen) atoms. The zero-order valence-corrected chi connectivity index (χ0v) is 9.17. The van der Waals surface area contributed by atoms with Crippen molar-refractivity contribution in [3.63, 3.8) is 0 Å². The summed E-state index contributed by atoms with van der Waals surface area (Å²) in [5.74, 6) is 0.919. The lowest BCUT2D eigenvalue weighted by Crippen LogP contribution is -2.35. The molecule has 0 bridgehead atoms. The molecule has 1 aliphatic rings. The van der Waals surface area contributed by atoms with Gasteiger partial charge in [0.1, 0.15) is 5.76 Å². The maximum atomic E-state index is 12.2. The van der Waals surface area contributed by atoms with E-state index in [4.69, 9.17) is 4.52 Å². The van der Waals surface area contributed by atoms with E-state index in [2.05, 4.69) is 10.1 Å². The molecule has 3 rings (SSSR count). The zero-order valence-electron chi connectivity index (χ0n) is 9.17. The SMILES string of the molecule is O=C(c1ccncc1)N1CCc2oncc2C1. The molecule has 1 aliphatic heterocycles. The van der Waals surface area contributed by atoms with Crippen LogP contribution >= 0.6 is 0 Å². The average molecular weight is 229 g/mol. The second-order valence-corrected chi connectivity index (χ2v) is 3.99. The van der Waals surface area contributed by atoms with Crippen LogP contribution in [0.25, 0.3) is 0 Å². The molecule has 0 fully saturated rings. The van der Waals surface area contributed by atoms with Crippen LogP contribution in [0.4, 0.5) is 0 Å². The van der Waals surface area contributed by atoms with Gasteiger partial charge in [-0.15, -0.1) is 0 Å². The van der Waals surface area contributed by atoms with Crippen molar-refractivity contribution in [2.24, 2.45) is 0 Å². The Balaban J connectivity index is 1.81. The minimum atomic E-state index is 0.0271. The van der Waals surface area contributed by atoms with Crippen LogP contribution in [0.1, 0.15) is 21.7 Å². The molecule has 3 heterocycles. The van der Waals surface area contributed by atoms with Gasteiger partial charge in [0, 0.05) is 36.5 Å². The van der Waals surface area contributed by atoms with Crippen LogP contribution in [0.15, 0.2) is 35.2 Å². The number of rotatable bonds is 1. The molecule has 0 aliphatic carbocycles. The van der Waals surface area contributed by atoms with Gasteiger partial charge in [0.2, 0.25) is 0 Å². The highest BCUT2D eigenvalue weighted by Crippen LogP contribution is 2.19. The van der Waals surface area contributed by atoms with E-state index in [9.17, 15) is 4.79 Å². The first-order valence-electron chi connectivity index (χ1n) is 5.46. The Morgan fingerprint density at radius 1 is 1.35 bits per heavy atom. The van der Waals surface area contributed by atoms with Crippen LogP contribution in [-0.2, 0) is 13.0 Å². The van der Waals surface area contributed by atoms with Crippen molar-refractivity contribution >= 4 is 5.91 Å². The summed E-state index contributed by atoms with van der Waals surface area (Å²) in [6, 6.07) is 3.46. The number of hydrogen-bond acceptors (Lipinski definition) is 4. The highest BCUT2D eigenvalue weighted by atomic mass is 16.5. The maximum Gasteiger partial charge on any atom is 0.254 e. The molecule has 0 aromatic carbocycles. The van der Waals surface area contributed by atoms with E-state index in [-0.39, 0.29) is 5.91 Å². The van der Waals surface area contributed by atoms with Crippen molar-refractivity contribution in [3.8, 4) is 0 Å². The van der Waals surface area contributed by atoms with Crippen LogP contribution in [-0.4, -0.2) is 27.5 Å². The lowest BCUT2D eigenvalue weighted by Gasteiger charge is -2.25. The van der Waals surface area contributed by atoms with E-state index in [1.165, 1.54) is 0 Å². The van der Waals surface area contributed by atoms with E-state index in [1.807, 2.05) is 0 Å². The van der Waals surface area contributed by atoms with Gasteiger partial charge in [-0.05, 0) is 12.1 Å². The molecule has 2 aromatic heterocycles. The van der Waals surface area contributed by atoms with Crippen LogP contribution in [0.2, 0.25) is 0 Å². The number of fused-ring (bicyclic) bond motifs is 1. The Morgan fingerprint density at radius 3 is 3.00 bits per heavy atom. The lowest BCUT2D eigenvalue weighted by atomic mass is 10.1. The molecule has 0 N–H and O–H groups in total. The molecule has 86 valence electrons. The summed E-state index contributed by atoms with van der Waals surface area (Å²) in [6.07, 6.45) is 5.66. The molecule has 0 unspecified atom stereocenters. The van der Waals surface area contributed by atoms with Gasteiger partial charge in [0.15, 0.2) is 0 Å². The summed E-state index contributed by atoms with van der Waals surface area (Å²) in [5, 5.41) is 3.75. The van der Waals surface area contributed by atoms with Gasteiger partial charge in [0.05, 0.1) is 12.7 Å². The molecule has 1 amide bonds. The monoisotopic (exact) mass is 229 g/mol. The molecular weight excluding hydrogens is 218 g/mol. The Morgan fingerprint density at radius 2 is 2.18 bits per heavy atom. The maximum absolute atomic E-state index is 12.2. The number of nitrogens with zero attached hydrogens (tertiary/aromatic N) is 3. The highest BCUT2D eigenvalue weighted by molar-refractivity contribution is 5.94. The third kappa shape index (κ3) is 1.80. The quantitative estimate of drug-likeness (QED) is 0.738. The fourth-order valence-electron chi connectivity index (χ4n) is 1.99. The van der Waals surface area contributed by atoms with E-state index in [0.29, 0.717) is 18.7 Å². The first-order valence-corrected chi connectivity index (χ1v) is 5.46. The third-order valence-electron chi connectivity index (χ3n) is 2.91. The minimum absolute atomic E-state index is 0.0271. The Labute approximate surface area is 98.0 Å². The van der Waals surface area contributed by atoms with Crippen molar-refractivity contribution in [2.75, 3.05) is 6.54 Å². The summed E-state index contributed by atoms with van der Waals surface area (Å²) in [6.45, 7) is 1.24. The number of hydrogen-bond donors (Lipinski definition) is 0. The minimum Gasteiger partial charge on any atom is -0.361 e. The van der Waals surface area contributed by atoms with Gasteiger partial charge >= 0.3 is 0 Å². The van der Waals surface area contributed by atoms with Crippen molar-refractivity contribution in [2.45, 2.75) is 13.0 Å². The van der Waals surface area contributed by atoms with Crippen molar-refractivity contribution in [3.05, 3.63) is 47.6 Å². The van der Waals surface area contributed by atoms with Crippen molar-refractivity contribution in [1.82, 2.24) is 15.0 Å². The normalized spacial score (nSPS) is 14.5. The van der Waals surface area contributed by atoms with E-state index in [0.717, 1.165) is 17.7 Å². The second-order valence-electron chi connectivity index (χ2n) is 3.99. The Kier molecular flexibility index (Phi) is 2.36. The summed E-state index contributed by atoms with van der Waals surface area (Å²) in [4.78, 5) is 17.9. The molecule has 0 spiro atoms. The number of carbonyl (C=O) groups excluding carboxylic acids is 1. The van der Waals surface area contributed by atoms with Crippen molar-refractivity contribution in [1.29, 1.82) is 0 Å². The van der Waals surface area contributed by atoms with Gasteiger partial charge in [-0.1, -0.05) is 5.16 Å². The number of pyridine rings is 1. The van der Waals surface area contributed by atoms with Crippen LogP contribution in [0.5, 0.6) is 0 Å². The van der Waals surface area contributed by atoms with Crippen molar-refractivity contribution < 1.29 is 9.32 Å². The molecular formula is C12H11N3O2. The van der Waals surface area contributed by atoms with Crippen LogP contribution < -0.4 is 0 Å². The van der Waals surface area contributed by atoms with E-state index < -0.39 is 0 Å². The van der Waals surface area contributed by atoms with E-state index >= 15 is 0 Å². The second kappa shape index (κ2) is 4.01. The van der Waals surface area contributed by atoms with Gasteiger partial charge in [-0.3, -0.25) is 9.78 Å². The molecule has 5 heteroatoms. The number of amides is 1.